The molecule has 3 rings (SSSR count). The Labute approximate surface area is 198 Å². The van der Waals surface area contributed by atoms with Crippen LogP contribution in [-0.2, 0) is 16.1 Å². The molecule has 2 amide bonds. The summed E-state index contributed by atoms with van der Waals surface area (Å²) in [5.41, 5.74) is 6.60. The molecular weight excluding hydrogens is 472 g/mol. The van der Waals surface area contributed by atoms with Crippen molar-refractivity contribution in [3.8, 4) is 11.3 Å². The summed E-state index contributed by atoms with van der Waals surface area (Å²) in [5.74, 6) is -1.06. The van der Waals surface area contributed by atoms with E-state index in [0.717, 1.165) is 0 Å². The summed E-state index contributed by atoms with van der Waals surface area (Å²) in [6.07, 6.45) is -0.842. The van der Waals surface area contributed by atoms with E-state index in [1.807, 2.05) is 0 Å². The van der Waals surface area contributed by atoms with Gasteiger partial charge in [0, 0.05) is 24.7 Å². The lowest BCUT2D eigenvalue weighted by atomic mass is 10.2. The molecule has 0 unspecified atom stereocenters. The van der Waals surface area contributed by atoms with Crippen LogP contribution in [0.5, 0.6) is 0 Å². The number of hydrogen-bond acceptors (Lipinski definition) is 7. The van der Waals surface area contributed by atoms with Crippen LogP contribution < -0.4 is 21.7 Å². The molecule has 0 radical (unpaired) electrons. The number of hydrogen-bond donors (Lipinski definition) is 4. The molecule has 0 aliphatic heterocycles. The van der Waals surface area contributed by atoms with E-state index in [0.29, 0.717) is 11.1 Å². The number of nitrogens with zero attached hydrogens (tertiary/aromatic N) is 1. The second-order valence-electron chi connectivity index (χ2n) is 7.13. The predicted molar refractivity (Wildman–Crippen MR) is 121 cm³/mol. The van der Waals surface area contributed by atoms with Gasteiger partial charge in [-0.2, -0.15) is 0 Å². The van der Waals surface area contributed by atoms with Crippen LogP contribution >= 0.6 is 11.6 Å². The van der Waals surface area contributed by atoms with Gasteiger partial charge in [-0.15, -0.1) is 0 Å². The van der Waals surface area contributed by atoms with E-state index >= 15 is 0 Å². The number of carbonyl (C=O) groups excluding carboxylic acids is 2. The first kappa shape index (κ1) is 25.1. The molecule has 180 valence electrons. The molecule has 1 heterocycles. The zero-order valence-corrected chi connectivity index (χ0v) is 18.6. The van der Waals surface area contributed by atoms with Crippen molar-refractivity contribution < 1.29 is 27.6 Å². The monoisotopic (exact) mass is 493 g/mol. The molecule has 0 fully saturated rings. The molecule has 0 spiro atoms. The number of benzene rings is 2. The minimum absolute atomic E-state index is 0.00943. The Bertz CT molecular complexity index is 1140. The Kier molecular flexibility index (Phi) is 8.91. The van der Waals surface area contributed by atoms with Crippen molar-refractivity contribution in [2.45, 2.75) is 12.6 Å². The molecule has 1 atom stereocenters. The smallest absolute Gasteiger partial charge is 0.412 e. The first-order valence-electron chi connectivity index (χ1n) is 10.1. The maximum atomic E-state index is 13.4. The van der Waals surface area contributed by atoms with Gasteiger partial charge < -0.3 is 25.6 Å². The summed E-state index contributed by atoms with van der Waals surface area (Å²) in [4.78, 5) is 24.1. The molecule has 0 saturated carbocycles. The molecule has 5 N–H and O–H groups in total. The van der Waals surface area contributed by atoms with Crippen LogP contribution in [0.1, 0.15) is 5.56 Å². The van der Waals surface area contributed by atoms with Gasteiger partial charge in [0.05, 0.1) is 17.6 Å². The topological polar surface area (TPSA) is 132 Å². The molecule has 0 saturated heterocycles. The molecule has 3 aromatic rings. The summed E-state index contributed by atoms with van der Waals surface area (Å²) in [6, 6.07) is 10.9. The number of nitrogens with two attached hydrogens (primary N) is 1. The highest BCUT2D eigenvalue weighted by Gasteiger charge is 2.15. The minimum Gasteiger partial charge on any atom is -0.447 e. The van der Waals surface area contributed by atoms with Crippen LogP contribution in [0.2, 0.25) is 5.02 Å². The van der Waals surface area contributed by atoms with Crippen LogP contribution in [0, 0.1) is 11.6 Å². The number of nitrogens with one attached hydrogen (secondary N) is 3. The highest BCUT2D eigenvalue weighted by atomic mass is 35.5. The Hall–Kier alpha value is -3.54. The van der Waals surface area contributed by atoms with Crippen molar-refractivity contribution in [1.82, 2.24) is 15.8 Å². The van der Waals surface area contributed by atoms with E-state index < -0.39 is 29.7 Å². The Morgan fingerprint density at radius 2 is 1.97 bits per heavy atom. The highest BCUT2D eigenvalue weighted by molar-refractivity contribution is 6.31. The molecule has 0 bridgehead atoms. The highest BCUT2D eigenvalue weighted by Crippen LogP contribution is 2.23. The van der Waals surface area contributed by atoms with Crippen molar-refractivity contribution >= 4 is 29.4 Å². The summed E-state index contributed by atoms with van der Waals surface area (Å²) in [6.45, 7) is -0.0797. The lowest BCUT2D eigenvalue weighted by Crippen LogP contribution is -2.47. The zero-order valence-electron chi connectivity index (χ0n) is 17.8. The first-order valence-corrected chi connectivity index (χ1v) is 10.5. The number of halogens is 3. The lowest BCUT2D eigenvalue weighted by Gasteiger charge is -2.17. The fourth-order valence-electron chi connectivity index (χ4n) is 2.87. The second kappa shape index (κ2) is 12.1. The van der Waals surface area contributed by atoms with Crippen LogP contribution in [0.4, 0.5) is 19.4 Å². The SMILES string of the molecule is NC[C@@H](COC(=O)Nc1cc(-c2cccc(F)c2)on1)NC(=O)CNCc1cccc(F)c1Cl. The second-order valence-corrected chi connectivity index (χ2v) is 7.50. The van der Waals surface area contributed by atoms with Crippen molar-refractivity contribution in [3.05, 3.63) is 70.8 Å². The first-order chi connectivity index (χ1) is 16.4. The number of ether oxygens (including phenoxy) is 1. The quantitative estimate of drug-likeness (QED) is 0.341. The molecular formula is C22H22ClF2N5O4. The van der Waals surface area contributed by atoms with Gasteiger partial charge in [-0.05, 0) is 23.8 Å². The molecule has 0 aliphatic carbocycles. The van der Waals surface area contributed by atoms with Gasteiger partial charge >= 0.3 is 6.09 Å². The zero-order chi connectivity index (χ0) is 24.5. The lowest BCUT2D eigenvalue weighted by molar-refractivity contribution is -0.121. The fraction of sp³-hybridized carbons (Fsp3) is 0.227. The molecule has 12 heteroatoms. The van der Waals surface area contributed by atoms with Crippen molar-refractivity contribution in [2.75, 3.05) is 25.0 Å². The third kappa shape index (κ3) is 7.24. The van der Waals surface area contributed by atoms with Crippen LogP contribution in [0.3, 0.4) is 0 Å². The number of amides is 2. The number of aromatic nitrogens is 1. The summed E-state index contributed by atoms with van der Waals surface area (Å²) in [7, 11) is 0. The third-order valence-electron chi connectivity index (χ3n) is 4.55. The Morgan fingerprint density at radius 1 is 1.18 bits per heavy atom. The average Bonchev–Trinajstić information content (AvgIpc) is 3.28. The van der Waals surface area contributed by atoms with Crippen LogP contribution in [0.15, 0.2) is 53.1 Å². The van der Waals surface area contributed by atoms with Gasteiger partial charge in [0.2, 0.25) is 5.91 Å². The van der Waals surface area contributed by atoms with Gasteiger partial charge in [-0.1, -0.05) is 41.0 Å². The molecule has 9 nitrogen and oxygen atoms in total. The predicted octanol–water partition coefficient (Wildman–Crippen LogP) is 3.06. The van der Waals surface area contributed by atoms with Gasteiger partial charge in [-0.3, -0.25) is 10.1 Å². The summed E-state index contributed by atoms with van der Waals surface area (Å²) < 4.78 is 36.9. The third-order valence-corrected chi connectivity index (χ3v) is 4.97. The van der Waals surface area contributed by atoms with E-state index in [4.69, 9.17) is 26.6 Å². The molecule has 1 aromatic heterocycles. The number of rotatable bonds is 10. The van der Waals surface area contributed by atoms with Gasteiger partial charge in [0.1, 0.15) is 18.2 Å². The average molecular weight is 494 g/mol. The number of carbonyl (C=O) groups is 2. The van der Waals surface area contributed by atoms with Gasteiger partial charge in [0.15, 0.2) is 11.6 Å². The fourth-order valence-corrected chi connectivity index (χ4v) is 3.06. The summed E-state index contributed by atoms with van der Waals surface area (Å²) in [5, 5.41) is 11.5. The van der Waals surface area contributed by atoms with Crippen LogP contribution in [-0.4, -0.2) is 42.9 Å². The van der Waals surface area contributed by atoms with E-state index in [1.54, 1.807) is 12.1 Å². The van der Waals surface area contributed by atoms with Gasteiger partial charge in [0.25, 0.3) is 0 Å². The van der Waals surface area contributed by atoms with E-state index in [9.17, 15) is 18.4 Å². The summed E-state index contributed by atoms with van der Waals surface area (Å²) >= 11 is 5.87. The van der Waals surface area contributed by atoms with E-state index in [-0.39, 0.29) is 42.8 Å². The number of anilines is 1. The maximum absolute atomic E-state index is 13.4. The molecule has 0 aliphatic rings. The molecule has 34 heavy (non-hydrogen) atoms. The van der Waals surface area contributed by atoms with Crippen molar-refractivity contribution in [3.63, 3.8) is 0 Å². The molecule has 2 aromatic carbocycles. The Morgan fingerprint density at radius 3 is 2.74 bits per heavy atom. The normalized spacial score (nSPS) is 11.6. The largest absolute Gasteiger partial charge is 0.447 e. The van der Waals surface area contributed by atoms with Gasteiger partial charge in [-0.25, -0.2) is 13.6 Å². The van der Waals surface area contributed by atoms with E-state index in [1.165, 1.54) is 36.4 Å². The standard InChI is InChI=1S/C22H22ClF2N5O4/c23-21-14(4-2-6-17(21)25)10-27-11-20(31)28-16(9-26)12-33-22(32)29-19-8-18(34-30-19)13-3-1-5-15(24)7-13/h1-8,16,27H,9-12,26H2,(H,28,31)(H,29,30,32)/t16-/m0/s1. The Balaban J connectivity index is 1.41. The van der Waals surface area contributed by atoms with Crippen LogP contribution in [0.25, 0.3) is 11.3 Å². The van der Waals surface area contributed by atoms with Crippen molar-refractivity contribution in [2.24, 2.45) is 5.73 Å². The van der Waals surface area contributed by atoms with E-state index in [2.05, 4.69) is 21.1 Å². The minimum atomic E-state index is -0.842. The van der Waals surface area contributed by atoms with Crippen molar-refractivity contribution in [1.29, 1.82) is 0 Å². The maximum Gasteiger partial charge on any atom is 0.412 e.